The molecule has 17 unspecified atom stereocenters. The minimum atomic E-state index is -1.99. The van der Waals surface area contributed by atoms with E-state index in [1.807, 2.05) is 6.08 Å². The van der Waals surface area contributed by atoms with E-state index in [2.05, 4.69) is 116 Å². The Bertz CT molecular complexity index is 2300. The van der Waals surface area contributed by atoms with Crippen molar-refractivity contribution < 1.29 is 89.4 Å². The Morgan fingerprint density at radius 2 is 0.673 bits per heavy atom. The lowest BCUT2D eigenvalue weighted by Crippen LogP contribution is -2.66. The number of aliphatic hydroxyl groups is 11. The van der Waals surface area contributed by atoms with Crippen LogP contribution < -0.4 is 5.32 Å². The fourth-order valence-corrected chi connectivity index (χ4v) is 13.2. The number of rotatable bonds is 64. The zero-order valence-corrected chi connectivity index (χ0v) is 64.2. The van der Waals surface area contributed by atoms with Crippen molar-refractivity contribution in [1.82, 2.24) is 5.32 Å². The summed E-state index contributed by atoms with van der Waals surface area (Å²) in [6.45, 7) is 1.62. The third-order valence-electron chi connectivity index (χ3n) is 19.8. The third kappa shape index (κ3) is 43.6. The molecular weight excluding hydrogens is 1320 g/mol. The van der Waals surface area contributed by atoms with Crippen LogP contribution in [0.25, 0.3) is 0 Å². The molecular formula is C85H147NO18. The Kier molecular flexibility index (Phi) is 58.5. The summed E-state index contributed by atoms with van der Waals surface area (Å²) in [7, 11) is 0. The number of aliphatic hydroxyl groups excluding tert-OH is 11. The average Bonchev–Trinajstić information content (AvgIpc) is 0.783. The highest BCUT2D eigenvalue weighted by Crippen LogP contribution is 2.33. The van der Waals surface area contributed by atoms with Crippen LogP contribution in [-0.2, 0) is 33.2 Å². The molecule has 3 rings (SSSR count). The number of hydrogen-bond acceptors (Lipinski definition) is 18. The van der Waals surface area contributed by atoms with Crippen LogP contribution in [0.5, 0.6) is 0 Å². The lowest BCUT2D eigenvalue weighted by molar-refractivity contribution is -0.379. The predicted molar refractivity (Wildman–Crippen MR) is 415 cm³/mol. The van der Waals surface area contributed by atoms with Crippen LogP contribution in [0.3, 0.4) is 0 Å². The second kappa shape index (κ2) is 64.3. The van der Waals surface area contributed by atoms with Gasteiger partial charge < -0.3 is 89.9 Å². The quantitative estimate of drug-likeness (QED) is 0.0199. The van der Waals surface area contributed by atoms with Crippen molar-refractivity contribution in [2.75, 3.05) is 26.4 Å². The highest BCUT2D eigenvalue weighted by molar-refractivity contribution is 5.76. The minimum absolute atomic E-state index is 0.228. The average molecular weight is 1470 g/mol. The molecule has 19 nitrogen and oxygen atoms in total. The molecule has 0 bridgehead atoms. The van der Waals surface area contributed by atoms with E-state index in [9.17, 15) is 61.0 Å². The Morgan fingerprint density at radius 3 is 1.08 bits per heavy atom. The Hall–Kier alpha value is -3.55. The summed E-state index contributed by atoms with van der Waals surface area (Å²) in [5.74, 6) is -0.288. The van der Waals surface area contributed by atoms with Gasteiger partial charge >= 0.3 is 0 Å². The molecule has 0 spiro atoms. The molecule has 0 radical (unpaired) electrons. The van der Waals surface area contributed by atoms with Gasteiger partial charge in [0.2, 0.25) is 5.91 Å². The van der Waals surface area contributed by atoms with Gasteiger partial charge in [-0.2, -0.15) is 0 Å². The Balaban J connectivity index is 1.37. The highest BCUT2D eigenvalue weighted by Gasteiger charge is 2.54. The standard InChI is InChI=1S/C85H147NO18/c1-3-5-7-9-11-13-15-17-19-21-23-25-27-29-30-31-32-33-34-35-36-37-38-39-41-43-45-47-49-51-53-55-57-59-61-63-73(91)86-68(69(90)62-60-58-56-54-52-50-48-46-44-42-40-28-26-24-22-20-18-16-14-12-10-8-6-4-2)67-99-83-79(97)76(94)81(71(65-88)101-83)104-85-80(98)77(95)82(72(66-89)102-85)103-84-78(96)75(93)74(92)70(64-87)100-84/h5,7,11,13,17,19,23,25,29-30,32-33,35-36,52,54,60,62,68-72,74-85,87-90,92-98H,3-4,6,8-10,12,14-16,18,20-22,24,26-28,31,34,37-51,53,55-59,61,63-67H2,1-2H3,(H,86,91)/b7-5-,13-11-,19-17-,25-23-,30-29-,33-32-,36-35-,54-52+,62-60+. The SMILES string of the molecule is CC/C=C\C/C=C\C/C=C\C/C=C\C/C=C\C/C=C\C/C=C\CCCCCCCCCCCCCCCC(=O)NC(COC1OC(CO)C(OC2OC(CO)C(OC3OC(CO)C(O)C(O)C3O)C(O)C2O)C(O)C1O)C(O)/C=C/CC/C=C/CCCCCCCCCCCCCCCCCCCC. The molecule has 12 N–H and O–H groups in total. The van der Waals surface area contributed by atoms with E-state index in [1.165, 1.54) is 161 Å². The fraction of sp³-hybridized carbons (Fsp3) is 0.776. The molecule has 17 atom stereocenters. The van der Waals surface area contributed by atoms with Crippen LogP contribution in [0.1, 0.15) is 290 Å². The van der Waals surface area contributed by atoms with Gasteiger partial charge in [-0.05, 0) is 89.9 Å². The van der Waals surface area contributed by atoms with Crippen molar-refractivity contribution in [3.05, 3.63) is 109 Å². The van der Waals surface area contributed by atoms with Gasteiger partial charge in [0.25, 0.3) is 0 Å². The van der Waals surface area contributed by atoms with E-state index >= 15 is 0 Å². The first-order valence-corrected chi connectivity index (χ1v) is 41.1. The number of amides is 1. The van der Waals surface area contributed by atoms with Gasteiger partial charge in [-0.3, -0.25) is 4.79 Å². The van der Waals surface area contributed by atoms with Gasteiger partial charge in [0.1, 0.15) is 73.2 Å². The van der Waals surface area contributed by atoms with Crippen molar-refractivity contribution in [2.45, 2.75) is 394 Å². The third-order valence-corrected chi connectivity index (χ3v) is 19.8. The number of unbranched alkanes of at least 4 members (excludes halogenated alkanes) is 32. The normalized spacial score (nSPS) is 26.5. The summed E-state index contributed by atoms with van der Waals surface area (Å²) in [5, 5.41) is 121. The predicted octanol–water partition coefficient (Wildman–Crippen LogP) is 14.1. The van der Waals surface area contributed by atoms with E-state index in [0.717, 1.165) is 96.3 Å². The summed E-state index contributed by atoms with van der Waals surface area (Å²) < 4.78 is 34.4. The number of ether oxygens (including phenoxy) is 6. The minimum Gasteiger partial charge on any atom is -0.394 e. The molecule has 600 valence electrons. The van der Waals surface area contributed by atoms with Crippen LogP contribution in [0.15, 0.2) is 109 Å². The van der Waals surface area contributed by atoms with Crippen molar-refractivity contribution in [1.29, 1.82) is 0 Å². The van der Waals surface area contributed by atoms with Crippen molar-refractivity contribution >= 4 is 5.91 Å². The molecule has 3 saturated heterocycles. The van der Waals surface area contributed by atoms with Gasteiger partial charge in [0.15, 0.2) is 18.9 Å². The molecule has 0 aromatic carbocycles. The van der Waals surface area contributed by atoms with Crippen molar-refractivity contribution in [3.63, 3.8) is 0 Å². The van der Waals surface area contributed by atoms with Gasteiger partial charge in [-0.1, -0.05) is 303 Å². The molecule has 3 aliphatic heterocycles. The first-order chi connectivity index (χ1) is 50.8. The molecule has 3 fully saturated rings. The molecule has 3 heterocycles. The molecule has 19 heteroatoms. The van der Waals surface area contributed by atoms with E-state index in [1.54, 1.807) is 6.08 Å². The molecule has 0 aliphatic carbocycles. The lowest BCUT2D eigenvalue weighted by Gasteiger charge is -2.48. The first-order valence-electron chi connectivity index (χ1n) is 41.1. The van der Waals surface area contributed by atoms with E-state index in [0.29, 0.717) is 12.8 Å². The van der Waals surface area contributed by atoms with Crippen LogP contribution in [0, 0.1) is 0 Å². The summed E-state index contributed by atoms with van der Waals surface area (Å²) in [6, 6.07) is -0.999. The van der Waals surface area contributed by atoms with Gasteiger partial charge in [-0.15, -0.1) is 0 Å². The molecule has 0 aromatic heterocycles. The van der Waals surface area contributed by atoms with Crippen LogP contribution in [0.4, 0.5) is 0 Å². The molecule has 0 aromatic rings. The van der Waals surface area contributed by atoms with Gasteiger partial charge in [0.05, 0.1) is 38.6 Å². The smallest absolute Gasteiger partial charge is 0.220 e. The number of allylic oxidation sites excluding steroid dienone is 17. The number of hydrogen-bond donors (Lipinski definition) is 12. The lowest BCUT2D eigenvalue weighted by atomic mass is 9.96. The summed E-state index contributed by atoms with van der Waals surface area (Å²) in [4.78, 5) is 13.5. The second-order valence-corrected chi connectivity index (χ2v) is 28.8. The monoisotopic (exact) mass is 1470 g/mol. The maximum atomic E-state index is 13.5. The summed E-state index contributed by atoms with van der Waals surface area (Å²) in [6.07, 6.45) is 62.1. The van der Waals surface area contributed by atoms with Crippen molar-refractivity contribution in [3.8, 4) is 0 Å². The molecule has 1 amide bonds. The maximum Gasteiger partial charge on any atom is 0.220 e. The Morgan fingerprint density at radius 1 is 0.356 bits per heavy atom. The zero-order chi connectivity index (χ0) is 75.3. The van der Waals surface area contributed by atoms with E-state index in [4.69, 9.17) is 28.4 Å². The summed E-state index contributed by atoms with van der Waals surface area (Å²) >= 11 is 0. The summed E-state index contributed by atoms with van der Waals surface area (Å²) in [5.41, 5.74) is 0. The molecule has 0 saturated carbocycles. The largest absolute Gasteiger partial charge is 0.394 e. The second-order valence-electron chi connectivity index (χ2n) is 28.8. The van der Waals surface area contributed by atoms with E-state index < -0.39 is 124 Å². The zero-order valence-electron chi connectivity index (χ0n) is 64.2. The van der Waals surface area contributed by atoms with Crippen LogP contribution in [-0.4, -0.2) is 193 Å². The number of carbonyl (C=O) groups is 1. The number of carbonyl (C=O) groups excluding carboxylic acids is 1. The molecule has 104 heavy (non-hydrogen) atoms. The van der Waals surface area contributed by atoms with Gasteiger partial charge in [0, 0.05) is 6.42 Å². The topological polar surface area (TPSA) is 307 Å². The molecule has 3 aliphatic rings. The van der Waals surface area contributed by atoms with Crippen molar-refractivity contribution in [2.24, 2.45) is 0 Å². The van der Waals surface area contributed by atoms with Gasteiger partial charge in [-0.25, -0.2) is 0 Å². The maximum absolute atomic E-state index is 13.5. The van der Waals surface area contributed by atoms with E-state index in [-0.39, 0.29) is 18.9 Å². The van der Waals surface area contributed by atoms with Crippen LogP contribution >= 0.6 is 0 Å². The Labute approximate surface area is 627 Å². The fourth-order valence-electron chi connectivity index (χ4n) is 13.2. The first kappa shape index (κ1) is 94.7. The highest BCUT2D eigenvalue weighted by atomic mass is 16.8. The van der Waals surface area contributed by atoms with Crippen LogP contribution in [0.2, 0.25) is 0 Å². The number of nitrogens with one attached hydrogen (secondary N) is 1.